The highest BCUT2D eigenvalue weighted by atomic mass is 16.6. The van der Waals surface area contributed by atoms with Gasteiger partial charge in [0.1, 0.15) is 12.7 Å². The maximum Gasteiger partial charge on any atom is 0.336 e. The van der Waals surface area contributed by atoms with Gasteiger partial charge in [-0.15, -0.1) is 0 Å². The van der Waals surface area contributed by atoms with Crippen LogP contribution >= 0.6 is 0 Å². The fourth-order valence-electron chi connectivity index (χ4n) is 5.56. The molecule has 6 atom stereocenters. The lowest BCUT2D eigenvalue weighted by molar-refractivity contribution is -0.151. The number of allylic oxidation sites excluding steroid dienone is 2. The standard InChI is InChI=1S/C20H30O5/c1-12-4-7-16-19(2,9-8-17(23)20(16,3)11-21)14(12)6-5-13-15(22)10-25-18(13)24/h5,14-17,21-23H,1,4,6-11H2,2-3H3/b13-5+/t14-,15-,16?,17-,19+,20+/m0/s1. The number of carbonyl (C=O) groups excluding carboxylic acids is 1. The molecule has 1 saturated heterocycles. The molecule has 1 heterocycles. The summed E-state index contributed by atoms with van der Waals surface area (Å²) < 4.78 is 4.90. The van der Waals surface area contributed by atoms with Gasteiger partial charge in [0, 0.05) is 5.41 Å². The maximum atomic E-state index is 11.8. The lowest BCUT2D eigenvalue weighted by Gasteiger charge is -2.59. The van der Waals surface area contributed by atoms with Crippen molar-refractivity contribution in [3.63, 3.8) is 0 Å². The van der Waals surface area contributed by atoms with Crippen molar-refractivity contribution in [3.05, 3.63) is 23.8 Å². The fraction of sp³-hybridized carbons (Fsp3) is 0.750. The first-order chi connectivity index (χ1) is 11.7. The largest absolute Gasteiger partial charge is 0.459 e. The first kappa shape index (κ1) is 18.6. The van der Waals surface area contributed by atoms with E-state index in [0.29, 0.717) is 18.4 Å². The lowest BCUT2D eigenvalue weighted by atomic mass is 9.46. The molecule has 3 N–H and O–H groups in total. The fourth-order valence-corrected chi connectivity index (χ4v) is 5.56. The number of hydrogen-bond donors (Lipinski definition) is 3. The number of hydrogen-bond acceptors (Lipinski definition) is 5. The summed E-state index contributed by atoms with van der Waals surface area (Å²) in [5, 5.41) is 30.4. The van der Waals surface area contributed by atoms with Gasteiger partial charge >= 0.3 is 5.97 Å². The molecule has 0 amide bonds. The van der Waals surface area contributed by atoms with Gasteiger partial charge in [-0.25, -0.2) is 4.79 Å². The Kier molecular flexibility index (Phi) is 4.86. The number of aliphatic hydroxyl groups is 3. The summed E-state index contributed by atoms with van der Waals surface area (Å²) in [6, 6.07) is 0. The molecule has 0 spiro atoms. The molecule has 3 aliphatic rings. The average Bonchev–Trinajstić information content (AvgIpc) is 2.89. The van der Waals surface area contributed by atoms with Gasteiger partial charge in [-0.1, -0.05) is 32.1 Å². The number of carbonyl (C=O) groups is 1. The van der Waals surface area contributed by atoms with E-state index in [4.69, 9.17) is 4.74 Å². The smallest absolute Gasteiger partial charge is 0.336 e. The molecule has 3 rings (SSSR count). The minimum absolute atomic E-state index is 0.0280. The van der Waals surface area contributed by atoms with E-state index in [1.54, 1.807) is 0 Å². The number of fused-ring (bicyclic) bond motifs is 1. The molecule has 0 aromatic heterocycles. The van der Waals surface area contributed by atoms with Crippen molar-refractivity contribution in [2.24, 2.45) is 22.7 Å². The summed E-state index contributed by atoms with van der Waals surface area (Å²) in [7, 11) is 0. The molecule has 1 aliphatic heterocycles. The van der Waals surface area contributed by atoms with Crippen molar-refractivity contribution < 1.29 is 24.9 Å². The molecule has 0 radical (unpaired) electrons. The predicted octanol–water partition coefficient (Wildman–Crippen LogP) is 1.96. The lowest BCUT2D eigenvalue weighted by Crippen LogP contribution is -2.57. The van der Waals surface area contributed by atoms with Crippen LogP contribution in [0, 0.1) is 22.7 Å². The predicted molar refractivity (Wildman–Crippen MR) is 93.6 cm³/mol. The van der Waals surface area contributed by atoms with Crippen LogP contribution in [0.3, 0.4) is 0 Å². The number of rotatable bonds is 3. The molecule has 140 valence electrons. The monoisotopic (exact) mass is 350 g/mol. The third kappa shape index (κ3) is 2.86. The Labute approximate surface area is 149 Å². The molecule has 5 heteroatoms. The highest BCUT2D eigenvalue weighted by Crippen LogP contribution is 2.61. The molecule has 2 saturated carbocycles. The minimum Gasteiger partial charge on any atom is -0.459 e. The van der Waals surface area contributed by atoms with Crippen LogP contribution in [0.4, 0.5) is 0 Å². The van der Waals surface area contributed by atoms with E-state index in [-0.39, 0.29) is 30.5 Å². The van der Waals surface area contributed by atoms with Gasteiger partial charge in [-0.2, -0.15) is 0 Å². The van der Waals surface area contributed by atoms with Gasteiger partial charge in [-0.05, 0) is 49.4 Å². The van der Waals surface area contributed by atoms with Gasteiger partial charge in [0.15, 0.2) is 0 Å². The molecule has 2 aliphatic carbocycles. The Bertz CT molecular complexity index is 597. The first-order valence-corrected chi connectivity index (χ1v) is 9.26. The molecule has 1 unspecified atom stereocenters. The number of ether oxygens (including phenoxy) is 1. The zero-order chi connectivity index (χ0) is 18.4. The third-order valence-corrected chi connectivity index (χ3v) is 7.23. The van der Waals surface area contributed by atoms with E-state index in [0.717, 1.165) is 24.8 Å². The SMILES string of the molecule is C=C1CCC2[C@](C)(CC[C@H](O)[C@]2(C)CO)[C@H]1C/C=C1/C(=O)OC[C@@H]1O. The highest BCUT2D eigenvalue weighted by Gasteiger charge is 2.57. The van der Waals surface area contributed by atoms with E-state index in [2.05, 4.69) is 13.5 Å². The van der Waals surface area contributed by atoms with Crippen LogP contribution in [0.5, 0.6) is 0 Å². The van der Waals surface area contributed by atoms with Crippen molar-refractivity contribution in [2.75, 3.05) is 13.2 Å². The Morgan fingerprint density at radius 2 is 2.04 bits per heavy atom. The zero-order valence-electron chi connectivity index (χ0n) is 15.2. The molecule has 25 heavy (non-hydrogen) atoms. The molecule has 5 nitrogen and oxygen atoms in total. The van der Waals surface area contributed by atoms with Crippen LogP contribution < -0.4 is 0 Å². The van der Waals surface area contributed by atoms with Crippen molar-refractivity contribution in [1.29, 1.82) is 0 Å². The van der Waals surface area contributed by atoms with E-state index in [1.807, 2.05) is 13.0 Å². The maximum absolute atomic E-state index is 11.8. The average molecular weight is 350 g/mol. The molecular weight excluding hydrogens is 320 g/mol. The van der Waals surface area contributed by atoms with Crippen LogP contribution in [-0.2, 0) is 9.53 Å². The Morgan fingerprint density at radius 1 is 1.32 bits per heavy atom. The Morgan fingerprint density at radius 3 is 2.64 bits per heavy atom. The summed E-state index contributed by atoms with van der Waals surface area (Å²) in [6.45, 7) is 8.50. The van der Waals surface area contributed by atoms with E-state index in [1.165, 1.54) is 0 Å². The second-order valence-electron chi connectivity index (χ2n) is 8.54. The molecule has 3 fully saturated rings. The molecule has 0 aromatic carbocycles. The molecule has 0 aromatic rings. The van der Waals surface area contributed by atoms with Crippen LogP contribution in [0.2, 0.25) is 0 Å². The second-order valence-corrected chi connectivity index (χ2v) is 8.54. The number of cyclic esters (lactones) is 1. The van der Waals surface area contributed by atoms with Crippen molar-refractivity contribution in [1.82, 2.24) is 0 Å². The number of aliphatic hydroxyl groups excluding tert-OH is 3. The second kappa shape index (κ2) is 6.53. The van der Waals surface area contributed by atoms with E-state index < -0.39 is 23.6 Å². The van der Waals surface area contributed by atoms with Crippen LogP contribution in [-0.4, -0.2) is 46.7 Å². The molecular formula is C20H30O5. The Balaban J connectivity index is 1.89. The van der Waals surface area contributed by atoms with Gasteiger partial charge in [0.25, 0.3) is 0 Å². The van der Waals surface area contributed by atoms with Gasteiger partial charge in [0.2, 0.25) is 0 Å². The summed E-state index contributed by atoms with van der Waals surface area (Å²) in [5.41, 5.74) is 0.911. The van der Waals surface area contributed by atoms with Crippen molar-refractivity contribution in [2.45, 2.75) is 58.2 Å². The van der Waals surface area contributed by atoms with Gasteiger partial charge < -0.3 is 20.1 Å². The number of esters is 1. The molecule has 0 bridgehead atoms. The van der Waals surface area contributed by atoms with Crippen LogP contribution in [0.1, 0.15) is 46.0 Å². The van der Waals surface area contributed by atoms with Crippen molar-refractivity contribution >= 4 is 5.97 Å². The summed E-state index contributed by atoms with van der Waals surface area (Å²) in [5.74, 6) is -0.0734. The van der Waals surface area contributed by atoms with Crippen LogP contribution in [0.25, 0.3) is 0 Å². The minimum atomic E-state index is -0.844. The summed E-state index contributed by atoms with van der Waals surface area (Å²) >= 11 is 0. The zero-order valence-corrected chi connectivity index (χ0v) is 15.2. The Hall–Kier alpha value is -1.17. The van der Waals surface area contributed by atoms with Crippen molar-refractivity contribution in [3.8, 4) is 0 Å². The van der Waals surface area contributed by atoms with E-state index in [9.17, 15) is 20.1 Å². The highest BCUT2D eigenvalue weighted by molar-refractivity contribution is 5.91. The third-order valence-electron chi connectivity index (χ3n) is 7.23. The van der Waals surface area contributed by atoms with Gasteiger partial charge in [0.05, 0.1) is 18.3 Å². The van der Waals surface area contributed by atoms with Crippen LogP contribution in [0.15, 0.2) is 23.8 Å². The first-order valence-electron chi connectivity index (χ1n) is 9.26. The van der Waals surface area contributed by atoms with E-state index >= 15 is 0 Å². The summed E-state index contributed by atoms with van der Waals surface area (Å²) in [6.07, 6.45) is 4.42. The topological polar surface area (TPSA) is 87.0 Å². The van der Waals surface area contributed by atoms with Gasteiger partial charge in [-0.3, -0.25) is 0 Å². The summed E-state index contributed by atoms with van der Waals surface area (Å²) in [4.78, 5) is 11.8. The normalized spacial score (nSPS) is 46.2. The quantitative estimate of drug-likeness (QED) is 0.411.